The van der Waals surface area contributed by atoms with E-state index in [1.165, 1.54) is 34.5 Å². The molecule has 0 radical (unpaired) electrons. The minimum absolute atomic E-state index is 0.0256. The van der Waals surface area contributed by atoms with Crippen molar-refractivity contribution in [1.82, 2.24) is 29.4 Å². The first-order chi connectivity index (χ1) is 19.1. The van der Waals surface area contributed by atoms with Crippen molar-refractivity contribution in [3.8, 4) is 5.75 Å². The van der Waals surface area contributed by atoms with Crippen molar-refractivity contribution < 1.29 is 27.9 Å². The molecule has 0 saturated heterocycles. The zero-order valence-electron chi connectivity index (χ0n) is 22.5. The fourth-order valence-corrected chi connectivity index (χ4v) is 5.65. The van der Waals surface area contributed by atoms with Crippen molar-refractivity contribution in [3.05, 3.63) is 60.4 Å². The molecule has 4 rings (SSSR count). The highest BCUT2D eigenvalue weighted by molar-refractivity contribution is 7.89. The molecule has 1 aliphatic heterocycles. The molecular formula is C26H33N7O6S. The third kappa shape index (κ3) is 6.81. The van der Waals surface area contributed by atoms with Crippen LogP contribution >= 0.6 is 0 Å². The van der Waals surface area contributed by atoms with Crippen LogP contribution in [0.25, 0.3) is 0 Å². The first kappa shape index (κ1) is 29.1. The molecule has 0 fully saturated rings. The molecule has 1 aromatic heterocycles. The largest absolute Gasteiger partial charge is 0.488 e. The molecule has 3 atom stereocenters. The fraction of sp³-hybridized carbons (Fsp3) is 0.423. The second-order valence-electron chi connectivity index (χ2n) is 9.86. The molecule has 0 saturated carbocycles. The lowest BCUT2D eigenvalue weighted by atomic mass is 10.0. The SMILES string of the molecule is C[C@H](CO)N1C[C@H](C)[C@H](CN(C)S(=O)(=O)c2ccccc2)Oc2ccc(NC(=O)Cn3cnnn3)cc2CC1=O. The second-order valence-corrected chi connectivity index (χ2v) is 11.9. The van der Waals surface area contributed by atoms with Crippen LogP contribution in [-0.2, 0) is 32.6 Å². The van der Waals surface area contributed by atoms with E-state index in [4.69, 9.17) is 4.74 Å². The van der Waals surface area contributed by atoms with E-state index in [-0.39, 0.29) is 55.3 Å². The van der Waals surface area contributed by atoms with E-state index in [1.807, 2.05) is 6.92 Å². The number of carbonyl (C=O) groups is 2. The predicted octanol–water partition coefficient (Wildman–Crippen LogP) is 0.782. The number of likely N-dealkylation sites (N-methyl/N-ethyl adjacent to an activating group) is 1. The van der Waals surface area contributed by atoms with Gasteiger partial charge in [0.15, 0.2) is 0 Å². The van der Waals surface area contributed by atoms with Gasteiger partial charge in [0.1, 0.15) is 24.7 Å². The molecule has 14 heteroatoms. The van der Waals surface area contributed by atoms with Crippen molar-refractivity contribution in [3.63, 3.8) is 0 Å². The molecule has 2 heterocycles. The van der Waals surface area contributed by atoms with E-state index < -0.39 is 22.2 Å². The van der Waals surface area contributed by atoms with Crippen LogP contribution in [0.5, 0.6) is 5.75 Å². The quantitative estimate of drug-likeness (QED) is 0.378. The number of anilines is 1. The third-order valence-electron chi connectivity index (χ3n) is 6.79. The van der Waals surface area contributed by atoms with E-state index in [0.717, 1.165) is 0 Å². The summed E-state index contributed by atoms with van der Waals surface area (Å²) in [7, 11) is -2.29. The maximum Gasteiger partial charge on any atom is 0.246 e. The van der Waals surface area contributed by atoms with E-state index in [9.17, 15) is 23.1 Å². The first-order valence-electron chi connectivity index (χ1n) is 12.8. The topological polar surface area (TPSA) is 160 Å². The van der Waals surface area contributed by atoms with Crippen LogP contribution in [0.2, 0.25) is 0 Å². The molecule has 2 N–H and O–H groups in total. The fourth-order valence-electron chi connectivity index (χ4n) is 4.45. The van der Waals surface area contributed by atoms with Crippen LogP contribution in [0.15, 0.2) is 59.8 Å². The Hall–Kier alpha value is -3.88. The molecule has 3 aromatic rings. The molecule has 0 aliphatic carbocycles. The molecule has 2 aromatic carbocycles. The van der Waals surface area contributed by atoms with Crippen molar-refractivity contribution in [1.29, 1.82) is 0 Å². The summed E-state index contributed by atoms with van der Waals surface area (Å²) in [6, 6.07) is 12.6. The summed E-state index contributed by atoms with van der Waals surface area (Å²) in [5.41, 5.74) is 0.968. The highest BCUT2D eigenvalue weighted by atomic mass is 32.2. The number of ether oxygens (including phenoxy) is 1. The monoisotopic (exact) mass is 571 g/mol. The van der Waals surface area contributed by atoms with E-state index in [2.05, 4.69) is 20.8 Å². The lowest BCUT2D eigenvalue weighted by molar-refractivity contribution is -0.134. The number of nitrogens with one attached hydrogen (secondary N) is 1. The predicted molar refractivity (Wildman–Crippen MR) is 145 cm³/mol. The van der Waals surface area contributed by atoms with Crippen molar-refractivity contribution in [2.24, 2.45) is 5.92 Å². The second kappa shape index (κ2) is 12.5. The van der Waals surface area contributed by atoms with Gasteiger partial charge in [0.2, 0.25) is 21.8 Å². The van der Waals surface area contributed by atoms with Crippen LogP contribution in [0.1, 0.15) is 19.4 Å². The normalized spacial score (nSPS) is 18.7. The molecule has 0 bridgehead atoms. The Morgan fingerprint density at radius 1 is 1.25 bits per heavy atom. The van der Waals surface area contributed by atoms with Gasteiger partial charge in [-0.3, -0.25) is 9.59 Å². The molecule has 214 valence electrons. The Kier molecular flexibility index (Phi) is 9.12. The zero-order valence-corrected chi connectivity index (χ0v) is 23.4. The van der Waals surface area contributed by atoms with Crippen molar-refractivity contribution in [2.45, 2.75) is 43.9 Å². The van der Waals surface area contributed by atoms with Crippen molar-refractivity contribution >= 4 is 27.5 Å². The zero-order chi connectivity index (χ0) is 28.9. The van der Waals surface area contributed by atoms with Gasteiger partial charge < -0.3 is 20.1 Å². The summed E-state index contributed by atoms with van der Waals surface area (Å²) >= 11 is 0. The Morgan fingerprint density at radius 3 is 2.67 bits per heavy atom. The van der Waals surface area contributed by atoms with Crippen LogP contribution in [-0.4, -0.2) is 93.6 Å². The number of benzene rings is 2. The number of fused-ring (bicyclic) bond motifs is 1. The first-order valence-corrected chi connectivity index (χ1v) is 14.2. The maximum atomic E-state index is 13.4. The molecular weight excluding hydrogens is 538 g/mol. The summed E-state index contributed by atoms with van der Waals surface area (Å²) in [6.07, 6.45) is 0.666. The Bertz CT molecular complexity index is 1420. The molecule has 13 nitrogen and oxygen atoms in total. The van der Waals surface area contributed by atoms with Gasteiger partial charge in [-0.05, 0) is 47.7 Å². The molecule has 0 spiro atoms. The van der Waals surface area contributed by atoms with E-state index in [0.29, 0.717) is 17.0 Å². The average molecular weight is 572 g/mol. The van der Waals surface area contributed by atoms with E-state index in [1.54, 1.807) is 48.2 Å². The summed E-state index contributed by atoms with van der Waals surface area (Å²) in [5, 5.41) is 23.3. The summed E-state index contributed by atoms with van der Waals surface area (Å²) in [6.45, 7) is 3.60. The van der Waals surface area contributed by atoms with E-state index >= 15 is 0 Å². The van der Waals surface area contributed by atoms with Crippen LogP contribution in [0, 0.1) is 5.92 Å². The summed E-state index contributed by atoms with van der Waals surface area (Å²) in [4.78, 5) is 27.6. The van der Waals surface area contributed by atoms with Gasteiger partial charge in [-0.2, -0.15) is 4.31 Å². The Labute approximate surface area is 232 Å². The highest BCUT2D eigenvalue weighted by Gasteiger charge is 2.33. The van der Waals surface area contributed by atoms with Gasteiger partial charge in [-0.1, -0.05) is 25.1 Å². The molecule has 40 heavy (non-hydrogen) atoms. The van der Waals surface area contributed by atoms with Crippen molar-refractivity contribution in [2.75, 3.05) is 32.1 Å². The number of hydrogen-bond acceptors (Lipinski definition) is 9. The molecule has 1 aliphatic rings. The number of aromatic nitrogens is 4. The lowest BCUT2D eigenvalue weighted by Crippen LogP contribution is -2.48. The van der Waals surface area contributed by atoms with Gasteiger partial charge in [0.05, 0.1) is 30.5 Å². The average Bonchev–Trinajstić information content (AvgIpc) is 3.45. The number of aliphatic hydroxyl groups is 1. The smallest absolute Gasteiger partial charge is 0.246 e. The number of tetrazole rings is 1. The maximum absolute atomic E-state index is 13.4. The molecule has 2 amide bonds. The van der Waals surface area contributed by atoms with Gasteiger partial charge in [0, 0.05) is 30.8 Å². The summed E-state index contributed by atoms with van der Waals surface area (Å²) in [5.74, 6) is -0.459. The number of aliphatic hydroxyl groups excluding tert-OH is 1. The minimum Gasteiger partial charge on any atom is -0.488 e. The Morgan fingerprint density at radius 2 is 2.00 bits per heavy atom. The highest BCUT2D eigenvalue weighted by Crippen LogP contribution is 2.30. The van der Waals surface area contributed by atoms with Gasteiger partial charge in [-0.25, -0.2) is 13.1 Å². The minimum atomic E-state index is -3.79. The Balaban J connectivity index is 1.62. The number of sulfonamides is 1. The number of carbonyl (C=O) groups excluding carboxylic acids is 2. The standard InChI is InChI=1S/C26H33N7O6S/c1-18-13-33(19(2)16-34)26(36)12-20-11-21(28-25(35)15-32-17-27-29-30-32)9-10-23(20)39-24(18)14-31(3)40(37,38)22-7-5-4-6-8-22/h4-11,17-19,24,34H,12-16H2,1-3H3,(H,28,35)/t18-,19+,24-/m0/s1. The lowest BCUT2D eigenvalue weighted by Gasteiger charge is -2.33. The van der Waals surface area contributed by atoms with Gasteiger partial charge in [0.25, 0.3) is 0 Å². The van der Waals surface area contributed by atoms with Gasteiger partial charge >= 0.3 is 0 Å². The number of hydrogen-bond donors (Lipinski definition) is 2. The van der Waals surface area contributed by atoms with Crippen LogP contribution < -0.4 is 10.1 Å². The van der Waals surface area contributed by atoms with Crippen LogP contribution in [0.4, 0.5) is 5.69 Å². The molecule has 0 unspecified atom stereocenters. The number of amides is 2. The summed E-state index contributed by atoms with van der Waals surface area (Å²) < 4.78 is 35.4. The van der Waals surface area contributed by atoms with Crippen LogP contribution in [0.3, 0.4) is 0 Å². The number of nitrogens with zero attached hydrogens (tertiary/aromatic N) is 6. The van der Waals surface area contributed by atoms with Gasteiger partial charge in [-0.15, -0.1) is 5.10 Å². The number of rotatable bonds is 9. The third-order valence-corrected chi connectivity index (χ3v) is 8.62.